The van der Waals surface area contributed by atoms with Crippen LogP contribution in [0.25, 0.3) is 5.52 Å². The van der Waals surface area contributed by atoms with Gasteiger partial charge in [0.2, 0.25) is 0 Å². The van der Waals surface area contributed by atoms with Crippen LogP contribution in [0.15, 0.2) is 36.8 Å². The van der Waals surface area contributed by atoms with Gasteiger partial charge in [-0.05, 0) is 18.6 Å². The average Bonchev–Trinajstić information content (AvgIpc) is 3.03. The number of fused-ring (bicyclic) bond motifs is 1. The summed E-state index contributed by atoms with van der Waals surface area (Å²) in [4.78, 5) is 0. The summed E-state index contributed by atoms with van der Waals surface area (Å²) in [6.45, 7) is 2.90. The molecule has 2 N–H and O–H groups in total. The second-order valence-electron chi connectivity index (χ2n) is 4.71. The highest BCUT2D eigenvalue weighted by Gasteiger charge is 2.21. The number of nitrogens with zero attached hydrogens (tertiary/aromatic N) is 4. The van der Waals surface area contributed by atoms with E-state index in [0.29, 0.717) is 5.02 Å². The van der Waals surface area contributed by atoms with E-state index in [1.54, 1.807) is 12.4 Å². The lowest BCUT2D eigenvalue weighted by atomic mass is 10.1. The lowest BCUT2D eigenvalue weighted by Gasteiger charge is -2.14. The molecule has 0 saturated carbocycles. The first-order valence-electron chi connectivity index (χ1n) is 6.61. The number of halogens is 1. The van der Waals surface area contributed by atoms with E-state index in [2.05, 4.69) is 17.1 Å². The standard InChI is InChI=1S/C14H16ClN5/c1-2-6-20-14(11(15)9-18-20)13(16)10-8-17-19-7-4-3-5-12(10)19/h3-5,7-9,13H,2,6,16H2,1H3. The molecule has 0 fully saturated rings. The van der Waals surface area contributed by atoms with Gasteiger partial charge in [-0.3, -0.25) is 4.68 Å². The Kier molecular flexibility index (Phi) is 3.46. The smallest absolute Gasteiger partial charge is 0.0837 e. The summed E-state index contributed by atoms with van der Waals surface area (Å²) in [5.41, 5.74) is 9.18. The van der Waals surface area contributed by atoms with Gasteiger partial charge in [0.1, 0.15) is 0 Å². The summed E-state index contributed by atoms with van der Waals surface area (Å²) in [5, 5.41) is 9.21. The number of nitrogens with two attached hydrogens (primary N) is 1. The van der Waals surface area contributed by atoms with Crippen LogP contribution in [0.4, 0.5) is 0 Å². The van der Waals surface area contributed by atoms with E-state index in [0.717, 1.165) is 29.7 Å². The molecule has 1 atom stereocenters. The SMILES string of the molecule is CCCn1ncc(Cl)c1C(N)c1cnn2ccccc12. The third kappa shape index (κ3) is 2.09. The summed E-state index contributed by atoms with van der Waals surface area (Å²) < 4.78 is 3.68. The second-order valence-corrected chi connectivity index (χ2v) is 5.12. The predicted octanol–water partition coefficient (Wildman–Crippen LogP) is 2.64. The van der Waals surface area contributed by atoms with Crippen molar-refractivity contribution >= 4 is 17.1 Å². The van der Waals surface area contributed by atoms with Crippen LogP contribution >= 0.6 is 11.6 Å². The highest BCUT2D eigenvalue weighted by molar-refractivity contribution is 6.31. The van der Waals surface area contributed by atoms with Crippen LogP contribution in [0.2, 0.25) is 5.02 Å². The van der Waals surface area contributed by atoms with Crippen molar-refractivity contribution in [2.75, 3.05) is 0 Å². The zero-order chi connectivity index (χ0) is 14.1. The van der Waals surface area contributed by atoms with Crippen molar-refractivity contribution < 1.29 is 0 Å². The van der Waals surface area contributed by atoms with Crippen molar-refractivity contribution in [1.29, 1.82) is 0 Å². The molecule has 20 heavy (non-hydrogen) atoms. The Balaban J connectivity index is 2.08. The predicted molar refractivity (Wildman–Crippen MR) is 78.8 cm³/mol. The van der Waals surface area contributed by atoms with E-state index in [4.69, 9.17) is 17.3 Å². The first-order chi connectivity index (χ1) is 9.72. The summed E-state index contributed by atoms with van der Waals surface area (Å²) in [6, 6.07) is 5.56. The van der Waals surface area contributed by atoms with Crippen molar-refractivity contribution in [3.63, 3.8) is 0 Å². The fourth-order valence-electron chi connectivity index (χ4n) is 2.41. The first kappa shape index (κ1) is 13.1. The Hall–Kier alpha value is -1.85. The summed E-state index contributed by atoms with van der Waals surface area (Å²) in [6.07, 6.45) is 6.32. The molecule has 3 heterocycles. The van der Waals surface area contributed by atoms with Crippen LogP contribution in [-0.4, -0.2) is 19.4 Å². The Morgan fingerprint density at radius 3 is 2.95 bits per heavy atom. The zero-order valence-corrected chi connectivity index (χ0v) is 12.0. The van der Waals surface area contributed by atoms with Gasteiger partial charge in [-0.15, -0.1) is 0 Å². The minimum atomic E-state index is -0.337. The van der Waals surface area contributed by atoms with Crippen molar-refractivity contribution in [2.24, 2.45) is 5.73 Å². The summed E-state index contributed by atoms with van der Waals surface area (Å²) >= 11 is 6.25. The van der Waals surface area contributed by atoms with Gasteiger partial charge >= 0.3 is 0 Å². The number of hydrogen-bond acceptors (Lipinski definition) is 3. The summed E-state index contributed by atoms with van der Waals surface area (Å²) in [7, 11) is 0. The van der Waals surface area contributed by atoms with E-state index >= 15 is 0 Å². The van der Waals surface area contributed by atoms with E-state index in [1.165, 1.54) is 0 Å². The Morgan fingerprint density at radius 1 is 1.30 bits per heavy atom. The molecule has 5 nitrogen and oxygen atoms in total. The van der Waals surface area contributed by atoms with Crippen LogP contribution in [0, 0.1) is 0 Å². The van der Waals surface area contributed by atoms with Crippen molar-refractivity contribution in [1.82, 2.24) is 19.4 Å². The van der Waals surface area contributed by atoms with Crippen LogP contribution < -0.4 is 5.73 Å². The van der Waals surface area contributed by atoms with E-state index in [9.17, 15) is 0 Å². The van der Waals surface area contributed by atoms with Gasteiger partial charge in [0.15, 0.2) is 0 Å². The molecule has 0 saturated heterocycles. The van der Waals surface area contributed by atoms with Gasteiger partial charge in [0.05, 0.1) is 34.7 Å². The number of rotatable bonds is 4. The molecule has 0 aliphatic carbocycles. The van der Waals surface area contributed by atoms with Crippen LogP contribution in [0.1, 0.15) is 30.6 Å². The molecule has 3 aromatic rings. The molecule has 3 rings (SSSR count). The Bertz CT molecular complexity index is 730. The van der Waals surface area contributed by atoms with Crippen LogP contribution in [0.5, 0.6) is 0 Å². The fraction of sp³-hybridized carbons (Fsp3) is 0.286. The third-order valence-electron chi connectivity index (χ3n) is 3.35. The number of pyridine rings is 1. The Morgan fingerprint density at radius 2 is 2.15 bits per heavy atom. The number of aromatic nitrogens is 4. The largest absolute Gasteiger partial charge is 0.319 e. The van der Waals surface area contributed by atoms with Crippen molar-refractivity contribution in [3.05, 3.63) is 53.1 Å². The quantitative estimate of drug-likeness (QED) is 0.803. The monoisotopic (exact) mass is 289 g/mol. The molecule has 0 radical (unpaired) electrons. The Labute approximate surface area is 122 Å². The molecule has 0 aliphatic rings. The van der Waals surface area contributed by atoms with Gasteiger partial charge in [0.25, 0.3) is 0 Å². The normalized spacial score (nSPS) is 12.9. The number of hydrogen-bond donors (Lipinski definition) is 1. The minimum absolute atomic E-state index is 0.337. The van der Waals surface area contributed by atoms with Gasteiger partial charge in [0, 0.05) is 18.3 Å². The van der Waals surface area contributed by atoms with Gasteiger partial charge in [-0.2, -0.15) is 10.2 Å². The molecule has 0 aliphatic heterocycles. The van der Waals surface area contributed by atoms with E-state index in [1.807, 2.05) is 33.6 Å². The van der Waals surface area contributed by atoms with Gasteiger partial charge in [-0.1, -0.05) is 24.6 Å². The summed E-state index contributed by atoms with van der Waals surface area (Å²) in [5.74, 6) is 0. The van der Waals surface area contributed by atoms with Crippen molar-refractivity contribution in [3.8, 4) is 0 Å². The lowest BCUT2D eigenvalue weighted by molar-refractivity contribution is 0.560. The van der Waals surface area contributed by atoms with Crippen LogP contribution in [0.3, 0.4) is 0 Å². The molecule has 104 valence electrons. The van der Waals surface area contributed by atoms with E-state index < -0.39 is 0 Å². The van der Waals surface area contributed by atoms with Crippen LogP contribution in [-0.2, 0) is 6.54 Å². The van der Waals surface area contributed by atoms with Gasteiger partial charge < -0.3 is 5.73 Å². The molecular formula is C14H16ClN5. The molecule has 0 bridgehead atoms. The number of aryl methyl sites for hydroxylation is 1. The van der Waals surface area contributed by atoms with Gasteiger partial charge in [-0.25, -0.2) is 4.52 Å². The minimum Gasteiger partial charge on any atom is -0.319 e. The molecule has 0 aromatic carbocycles. The maximum absolute atomic E-state index is 6.40. The lowest BCUT2D eigenvalue weighted by Crippen LogP contribution is -2.18. The molecule has 6 heteroatoms. The second kappa shape index (κ2) is 5.26. The van der Waals surface area contributed by atoms with E-state index in [-0.39, 0.29) is 6.04 Å². The average molecular weight is 290 g/mol. The molecule has 0 amide bonds. The zero-order valence-electron chi connectivity index (χ0n) is 11.2. The molecule has 3 aromatic heterocycles. The topological polar surface area (TPSA) is 61.1 Å². The molecule has 1 unspecified atom stereocenters. The highest BCUT2D eigenvalue weighted by Crippen LogP contribution is 2.28. The maximum atomic E-state index is 6.40. The molecular weight excluding hydrogens is 274 g/mol. The maximum Gasteiger partial charge on any atom is 0.0837 e. The molecule has 0 spiro atoms. The van der Waals surface area contributed by atoms with Crippen molar-refractivity contribution in [2.45, 2.75) is 25.9 Å². The first-order valence-corrected chi connectivity index (χ1v) is 6.99. The fourth-order valence-corrected chi connectivity index (χ4v) is 2.67. The highest BCUT2D eigenvalue weighted by atomic mass is 35.5. The third-order valence-corrected chi connectivity index (χ3v) is 3.65.